The minimum Gasteiger partial charge on any atom is -0.497 e. The number of likely N-dealkylation sites (tertiary alicyclic amines) is 1. The minimum atomic E-state index is -0.751. The number of halogens is 1. The van der Waals surface area contributed by atoms with E-state index in [1.807, 2.05) is 0 Å². The molecule has 3 rings (SSSR count). The second-order valence-corrected chi connectivity index (χ2v) is 8.46. The lowest BCUT2D eigenvalue weighted by molar-refractivity contribution is -0.124. The first-order chi connectivity index (χ1) is 16.9. The summed E-state index contributed by atoms with van der Waals surface area (Å²) in [7, 11) is 3.14. The first-order valence-corrected chi connectivity index (χ1v) is 11.7. The SMILES string of the molecule is COCCCNC(=O)C(NC(=O)c1ccc(OC)cc1)C1CCN(C(=O)c2cccc(F)c2)CC1. The van der Waals surface area contributed by atoms with Crippen molar-refractivity contribution in [3.05, 3.63) is 65.5 Å². The summed E-state index contributed by atoms with van der Waals surface area (Å²) in [6.07, 6.45) is 1.71. The number of hydrogen-bond acceptors (Lipinski definition) is 5. The number of methoxy groups -OCH3 is 2. The molecule has 1 heterocycles. The Morgan fingerprint density at radius 2 is 1.77 bits per heavy atom. The summed E-state index contributed by atoms with van der Waals surface area (Å²) >= 11 is 0. The van der Waals surface area contributed by atoms with Crippen LogP contribution >= 0.6 is 0 Å². The molecule has 1 fully saturated rings. The molecule has 188 valence electrons. The Balaban J connectivity index is 1.66. The van der Waals surface area contributed by atoms with E-state index >= 15 is 0 Å². The van der Waals surface area contributed by atoms with Gasteiger partial charge in [0.2, 0.25) is 5.91 Å². The van der Waals surface area contributed by atoms with Crippen LogP contribution in [-0.2, 0) is 9.53 Å². The molecule has 1 atom stereocenters. The molecule has 1 unspecified atom stereocenters. The summed E-state index contributed by atoms with van der Waals surface area (Å²) in [6.45, 7) is 1.76. The molecular weight excluding hydrogens is 453 g/mol. The van der Waals surface area contributed by atoms with Crippen molar-refractivity contribution >= 4 is 17.7 Å². The Hall–Kier alpha value is -3.46. The van der Waals surface area contributed by atoms with Crippen LogP contribution in [0.25, 0.3) is 0 Å². The average Bonchev–Trinajstić information content (AvgIpc) is 2.89. The number of nitrogens with one attached hydrogen (secondary N) is 2. The fourth-order valence-electron chi connectivity index (χ4n) is 4.14. The van der Waals surface area contributed by atoms with E-state index in [1.54, 1.807) is 49.5 Å². The maximum absolute atomic E-state index is 13.5. The molecule has 0 spiro atoms. The lowest BCUT2D eigenvalue weighted by atomic mass is 9.88. The van der Waals surface area contributed by atoms with Crippen molar-refractivity contribution in [1.29, 1.82) is 0 Å². The molecule has 0 bridgehead atoms. The molecule has 1 aliphatic heterocycles. The van der Waals surface area contributed by atoms with E-state index in [-0.39, 0.29) is 23.6 Å². The molecule has 2 aromatic rings. The maximum Gasteiger partial charge on any atom is 0.253 e. The number of benzene rings is 2. The van der Waals surface area contributed by atoms with Gasteiger partial charge in [-0.3, -0.25) is 14.4 Å². The number of ether oxygens (including phenoxy) is 2. The van der Waals surface area contributed by atoms with Crippen LogP contribution in [0.3, 0.4) is 0 Å². The average molecular weight is 486 g/mol. The van der Waals surface area contributed by atoms with Gasteiger partial charge in [0.1, 0.15) is 17.6 Å². The quantitative estimate of drug-likeness (QED) is 0.505. The van der Waals surface area contributed by atoms with Gasteiger partial charge in [0.05, 0.1) is 7.11 Å². The molecule has 0 aromatic heterocycles. The second-order valence-electron chi connectivity index (χ2n) is 8.46. The molecule has 0 radical (unpaired) electrons. The molecule has 8 nitrogen and oxygen atoms in total. The monoisotopic (exact) mass is 485 g/mol. The third-order valence-electron chi connectivity index (χ3n) is 6.12. The van der Waals surface area contributed by atoms with Crippen molar-refractivity contribution in [2.24, 2.45) is 5.92 Å². The van der Waals surface area contributed by atoms with Crippen molar-refractivity contribution in [2.45, 2.75) is 25.3 Å². The fraction of sp³-hybridized carbons (Fsp3) is 0.423. The number of piperidine rings is 1. The highest BCUT2D eigenvalue weighted by atomic mass is 19.1. The normalized spacial score (nSPS) is 14.8. The number of hydrogen-bond donors (Lipinski definition) is 2. The lowest BCUT2D eigenvalue weighted by Crippen LogP contribution is -2.54. The summed E-state index contributed by atoms with van der Waals surface area (Å²) in [5.41, 5.74) is 0.713. The summed E-state index contributed by atoms with van der Waals surface area (Å²) in [6, 6.07) is 11.5. The summed E-state index contributed by atoms with van der Waals surface area (Å²) in [4.78, 5) is 40.4. The topological polar surface area (TPSA) is 97.0 Å². The summed E-state index contributed by atoms with van der Waals surface area (Å²) in [5.74, 6) is -0.857. The molecule has 2 N–H and O–H groups in total. The Morgan fingerprint density at radius 3 is 2.40 bits per heavy atom. The Kier molecular flexibility index (Phi) is 9.60. The number of amides is 3. The molecule has 0 saturated carbocycles. The first-order valence-electron chi connectivity index (χ1n) is 11.7. The van der Waals surface area contributed by atoms with E-state index in [2.05, 4.69) is 10.6 Å². The lowest BCUT2D eigenvalue weighted by Gasteiger charge is -2.36. The molecule has 1 saturated heterocycles. The minimum absolute atomic E-state index is 0.156. The van der Waals surface area contributed by atoms with Crippen molar-refractivity contribution in [3.63, 3.8) is 0 Å². The largest absolute Gasteiger partial charge is 0.497 e. The summed E-state index contributed by atoms with van der Waals surface area (Å²) in [5, 5.41) is 5.77. The number of carbonyl (C=O) groups is 3. The van der Waals surface area contributed by atoms with Crippen molar-refractivity contribution in [2.75, 3.05) is 40.5 Å². The highest BCUT2D eigenvalue weighted by molar-refractivity contribution is 5.98. The van der Waals surface area contributed by atoms with Gasteiger partial charge in [-0.1, -0.05) is 6.07 Å². The first kappa shape index (κ1) is 26.2. The van der Waals surface area contributed by atoms with Gasteiger partial charge in [-0.25, -0.2) is 4.39 Å². The number of nitrogens with zero attached hydrogens (tertiary/aromatic N) is 1. The van der Waals surface area contributed by atoms with Crippen LogP contribution in [0.4, 0.5) is 4.39 Å². The van der Waals surface area contributed by atoms with Crippen LogP contribution in [-0.4, -0.2) is 69.1 Å². The fourth-order valence-corrected chi connectivity index (χ4v) is 4.14. The summed E-state index contributed by atoms with van der Waals surface area (Å²) < 4.78 is 23.7. The van der Waals surface area contributed by atoms with Gasteiger partial charge in [-0.2, -0.15) is 0 Å². The van der Waals surface area contributed by atoms with Crippen LogP contribution < -0.4 is 15.4 Å². The highest BCUT2D eigenvalue weighted by Gasteiger charge is 2.34. The Morgan fingerprint density at radius 1 is 1.06 bits per heavy atom. The number of rotatable bonds is 10. The maximum atomic E-state index is 13.5. The van der Waals surface area contributed by atoms with Gasteiger partial charge < -0.3 is 25.0 Å². The van der Waals surface area contributed by atoms with E-state index < -0.39 is 11.9 Å². The van der Waals surface area contributed by atoms with Gasteiger partial charge >= 0.3 is 0 Å². The standard InChI is InChI=1S/C26H32FN3O5/c1-34-16-4-13-28-25(32)23(29-24(31)19-7-9-22(35-2)10-8-19)18-11-14-30(15-12-18)26(33)20-5-3-6-21(27)17-20/h3,5-10,17-18,23H,4,11-16H2,1-2H3,(H,28,32)(H,29,31). The van der Waals surface area contributed by atoms with Gasteiger partial charge in [0, 0.05) is 44.5 Å². The van der Waals surface area contributed by atoms with Crippen LogP contribution in [0, 0.1) is 11.7 Å². The van der Waals surface area contributed by atoms with Crippen LogP contribution in [0.2, 0.25) is 0 Å². The van der Waals surface area contributed by atoms with Crippen molar-refractivity contribution in [1.82, 2.24) is 15.5 Å². The molecule has 2 aromatic carbocycles. The Bertz CT molecular complexity index is 1010. The van der Waals surface area contributed by atoms with Gasteiger partial charge in [0.25, 0.3) is 11.8 Å². The molecular formula is C26H32FN3O5. The zero-order chi connectivity index (χ0) is 25.2. The van der Waals surface area contributed by atoms with Gasteiger partial charge in [-0.15, -0.1) is 0 Å². The molecule has 1 aliphatic rings. The van der Waals surface area contributed by atoms with E-state index in [0.29, 0.717) is 62.4 Å². The van der Waals surface area contributed by atoms with Gasteiger partial charge in [-0.05, 0) is 67.6 Å². The van der Waals surface area contributed by atoms with E-state index in [4.69, 9.17) is 9.47 Å². The third-order valence-corrected chi connectivity index (χ3v) is 6.12. The zero-order valence-corrected chi connectivity index (χ0v) is 20.1. The van der Waals surface area contributed by atoms with Gasteiger partial charge in [0.15, 0.2) is 0 Å². The zero-order valence-electron chi connectivity index (χ0n) is 20.1. The third kappa shape index (κ3) is 7.26. The molecule has 0 aliphatic carbocycles. The van der Waals surface area contributed by atoms with Crippen LogP contribution in [0.15, 0.2) is 48.5 Å². The van der Waals surface area contributed by atoms with E-state index in [0.717, 1.165) is 0 Å². The van der Waals surface area contributed by atoms with E-state index in [1.165, 1.54) is 18.2 Å². The molecule has 3 amide bonds. The smallest absolute Gasteiger partial charge is 0.253 e. The van der Waals surface area contributed by atoms with Crippen LogP contribution in [0.5, 0.6) is 5.75 Å². The number of carbonyl (C=O) groups excluding carboxylic acids is 3. The second kappa shape index (κ2) is 12.9. The molecule has 9 heteroatoms. The van der Waals surface area contributed by atoms with Crippen molar-refractivity contribution < 1.29 is 28.2 Å². The predicted molar refractivity (Wildman–Crippen MR) is 129 cm³/mol. The van der Waals surface area contributed by atoms with E-state index in [9.17, 15) is 18.8 Å². The predicted octanol–water partition coefficient (Wildman–Crippen LogP) is 2.64. The Labute approximate surface area is 204 Å². The highest BCUT2D eigenvalue weighted by Crippen LogP contribution is 2.23. The molecule has 35 heavy (non-hydrogen) atoms. The van der Waals surface area contributed by atoms with Crippen LogP contribution in [0.1, 0.15) is 40.0 Å². The van der Waals surface area contributed by atoms with Crippen molar-refractivity contribution in [3.8, 4) is 5.75 Å².